The van der Waals surface area contributed by atoms with Gasteiger partial charge in [-0.05, 0) is 37.6 Å². The van der Waals surface area contributed by atoms with Crippen molar-refractivity contribution in [1.29, 1.82) is 0 Å². The number of esters is 1. The van der Waals surface area contributed by atoms with E-state index in [1.54, 1.807) is 24.5 Å². The Morgan fingerprint density at radius 1 is 1.28 bits per heavy atom. The van der Waals surface area contributed by atoms with Crippen LogP contribution in [-0.4, -0.2) is 31.2 Å². The number of thiazole rings is 1. The first kappa shape index (κ1) is 22.3. The van der Waals surface area contributed by atoms with Gasteiger partial charge in [-0.15, -0.1) is 0 Å². The second-order valence-corrected chi connectivity index (χ2v) is 9.35. The summed E-state index contributed by atoms with van der Waals surface area (Å²) in [5.74, 6) is 0.787. The molecule has 0 bridgehead atoms. The second kappa shape index (κ2) is 8.91. The van der Waals surface area contributed by atoms with Crippen LogP contribution >= 0.6 is 27.3 Å². The van der Waals surface area contributed by atoms with Crippen LogP contribution in [0.1, 0.15) is 31.2 Å². The van der Waals surface area contributed by atoms with E-state index >= 15 is 0 Å². The quantitative estimate of drug-likeness (QED) is 0.487. The van der Waals surface area contributed by atoms with Gasteiger partial charge in [-0.2, -0.15) is 0 Å². The molecule has 0 aliphatic carbocycles. The Morgan fingerprint density at radius 2 is 2.00 bits per heavy atom. The molecule has 0 amide bonds. The Kier molecular flexibility index (Phi) is 6.21. The average Bonchev–Trinajstić information content (AvgIpc) is 3.33. The first-order chi connectivity index (χ1) is 15.3. The molecule has 0 N–H and O–H groups in total. The first-order valence-corrected chi connectivity index (χ1v) is 11.6. The Bertz CT molecular complexity index is 1380. The van der Waals surface area contributed by atoms with E-state index < -0.39 is 12.0 Å². The fraction of sp³-hybridized carbons (Fsp3) is 0.261. The third kappa shape index (κ3) is 4.10. The summed E-state index contributed by atoms with van der Waals surface area (Å²) in [6, 6.07) is 10.6. The number of aromatic nitrogens is 1. The van der Waals surface area contributed by atoms with E-state index in [2.05, 4.69) is 20.9 Å². The molecule has 2 aromatic heterocycles. The molecule has 3 heterocycles. The number of halogens is 1. The largest absolute Gasteiger partial charge is 0.463 e. The van der Waals surface area contributed by atoms with Gasteiger partial charge < -0.3 is 14.1 Å². The molecule has 0 radical (unpaired) electrons. The third-order valence-electron chi connectivity index (χ3n) is 5.03. The molecule has 3 aromatic rings. The predicted octanol–water partition coefficient (Wildman–Crippen LogP) is 3.22. The summed E-state index contributed by atoms with van der Waals surface area (Å²) in [5.41, 5.74) is 1.46. The maximum Gasteiger partial charge on any atom is 0.338 e. The molecule has 0 spiro atoms. The van der Waals surface area contributed by atoms with Crippen molar-refractivity contribution in [2.24, 2.45) is 4.99 Å². The number of carbonyl (C=O) groups excluding carboxylic acids is 1. The number of hydrogen-bond acceptors (Lipinski definition) is 7. The van der Waals surface area contributed by atoms with Crippen molar-refractivity contribution in [3.63, 3.8) is 0 Å². The van der Waals surface area contributed by atoms with Gasteiger partial charge in [0.1, 0.15) is 5.76 Å². The molecule has 0 saturated carbocycles. The molecule has 1 aliphatic heterocycles. The minimum atomic E-state index is -0.630. The maximum absolute atomic E-state index is 13.5. The first-order valence-electron chi connectivity index (χ1n) is 10.0. The van der Waals surface area contributed by atoms with Crippen molar-refractivity contribution < 1.29 is 13.9 Å². The summed E-state index contributed by atoms with van der Waals surface area (Å²) < 4.78 is 14.0. The molecule has 1 unspecified atom stereocenters. The van der Waals surface area contributed by atoms with E-state index in [4.69, 9.17) is 9.15 Å². The molecule has 7 nitrogen and oxygen atoms in total. The Hall–Kier alpha value is -2.91. The lowest BCUT2D eigenvalue weighted by molar-refractivity contribution is -0.139. The summed E-state index contributed by atoms with van der Waals surface area (Å²) >= 11 is 4.71. The average molecular weight is 516 g/mol. The number of ether oxygens (including phenoxy) is 1. The highest BCUT2D eigenvalue weighted by molar-refractivity contribution is 9.10. The second-order valence-electron chi connectivity index (χ2n) is 7.42. The molecule has 4 rings (SSSR count). The van der Waals surface area contributed by atoms with Crippen LogP contribution in [0.15, 0.2) is 66.3 Å². The van der Waals surface area contributed by atoms with Crippen LogP contribution in [0.5, 0.6) is 0 Å². The van der Waals surface area contributed by atoms with E-state index in [0.717, 1.165) is 10.0 Å². The normalized spacial score (nSPS) is 16.0. The Labute approximate surface area is 197 Å². The van der Waals surface area contributed by atoms with Crippen molar-refractivity contribution in [1.82, 2.24) is 4.57 Å². The van der Waals surface area contributed by atoms with E-state index in [-0.39, 0.29) is 12.2 Å². The third-order valence-corrected chi connectivity index (χ3v) is 6.54. The Balaban J connectivity index is 1.92. The standard InChI is InChI=1S/C23H22BrN3O4S/c1-5-30-22(29)19-13(2)25-23-27(20(19)14-6-8-15(24)9-7-14)21(28)17(32-23)12-16-10-11-18(31-16)26(3)4/h6-12,20H,5H2,1-4H3/b17-12+. The lowest BCUT2D eigenvalue weighted by Crippen LogP contribution is -2.39. The van der Waals surface area contributed by atoms with Crippen molar-refractivity contribution >= 4 is 45.2 Å². The van der Waals surface area contributed by atoms with E-state index in [1.165, 1.54) is 11.3 Å². The predicted molar refractivity (Wildman–Crippen MR) is 128 cm³/mol. The fourth-order valence-corrected chi connectivity index (χ4v) is 4.83. The maximum atomic E-state index is 13.5. The molecule has 1 atom stereocenters. The van der Waals surface area contributed by atoms with Crippen molar-refractivity contribution in [2.45, 2.75) is 19.9 Å². The van der Waals surface area contributed by atoms with Gasteiger partial charge in [0.25, 0.3) is 5.56 Å². The van der Waals surface area contributed by atoms with Crippen molar-refractivity contribution in [3.8, 4) is 0 Å². The van der Waals surface area contributed by atoms with E-state index in [0.29, 0.717) is 32.2 Å². The number of fused-ring (bicyclic) bond motifs is 1. The monoisotopic (exact) mass is 515 g/mol. The number of hydrogen-bond donors (Lipinski definition) is 0. The molecule has 0 saturated heterocycles. The number of rotatable bonds is 5. The summed E-state index contributed by atoms with van der Waals surface area (Å²) in [6.45, 7) is 3.76. The van der Waals surface area contributed by atoms with E-state index in [9.17, 15) is 9.59 Å². The van der Waals surface area contributed by atoms with Crippen LogP contribution in [-0.2, 0) is 9.53 Å². The summed E-state index contributed by atoms with van der Waals surface area (Å²) in [6.07, 6.45) is 1.71. The molecule has 1 aliphatic rings. The highest BCUT2D eigenvalue weighted by Gasteiger charge is 2.33. The van der Waals surface area contributed by atoms with Crippen LogP contribution in [0.3, 0.4) is 0 Å². The summed E-state index contributed by atoms with van der Waals surface area (Å²) in [7, 11) is 3.77. The smallest absolute Gasteiger partial charge is 0.338 e. The molecular weight excluding hydrogens is 494 g/mol. The van der Waals surface area contributed by atoms with Gasteiger partial charge in [0.15, 0.2) is 10.7 Å². The molecule has 166 valence electrons. The van der Waals surface area contributed by atoms with Gasteiger partial charge in [0.2, 0.25) is 0 Å². The van der Waals surface area contributed by atoms with Gasteiger partial charge in [-0.3, -0.25) is 9.36 Å². The number of nitrogens with zero attached hydrogens (tertiary/aromatic N) is 3. The SMILES string of the molecule is CCOC(=O)C1=C(C)N=c2s/c(=C/c3ccc(N(C)C)o3)c(=O)n2C1c1ccc(Br)cc1. The molecular formula is C23H22BrN3O4S. The summed E-state index contributed by atoms with van der Waals surface area (Å²) in [4.78, 5) is 33.3. The van der Waals surface area contributed by atoms with Crippen molar-refractivity contribution in [2.75, 3.05) is 25.6 Å². The number of furan rings is 1. The molecule has 0 fully saturated rings. The zero-order valence-electron chi connectivity index (χ0n) is 18.1. The topological polar surface area (TPSA) is 77.0 Å². The highest BCUT2D eigenvalue weighted by Crippen LogP contribution is 2.31. The van der Waals surface area contributed by atoms with Gasteiger partial charge >= 0.3 is 5.97 Å². The lowest BCUT2D eigenvalue weighted by Gasteiger charge is -2.24. The van der Waals surface area contributed by atoms with Gasteiger partial charge in [0.05, 0.1) is 28.5 Å². The van der Waals surface area contributed by atoms with Crippen molar-refractivity contribution in [3.05, 3.63) is 83.2 Å². The summed E-state index contributed by atoms with van der Waals surface area (Å²) in [5, 5.41) is 0. The molecule has 1 aromatic carbocycles. The van der Waals surface area contributed by atoms with Gasteiger partial charge in [0, 0.05) is 30.7 Å². The van der Waals surface area contributed by atoms with Gasteiger partial charge in [-0.25, -0.2) is 9.79 Å². The lowest BCUT2D eigenvalue weighted by atomic mass is 9.96. The zero-order chi connectivity index (χ0) is 23.0. The Morgan fingerprint density at radius 3 is 2.62 bits per heavy atom. The van der Waals surface area contributed by atoms with E-state index in [1.807, 2.05) is 55.4 Å². The fourth-order valence-electron chi connectivity index (χ4n) is 3.54. The molecule has 9 heteroatoms. The minimum absolute atomic E-state index is 0.236. The zero-order valence-corrected chi connectivity index (χ0v) is 20.5. The van der Waals surface area contributed by atoms with Crippen LogP contribution < -0.4 is 19.8 Å². The number of carbonyl (C=O) groups is 1. The van der Waals surface area contributed by atoms with Crippen LogP contribution in [0.25, 0.3) is 6.08 Å². The van der Waals surface area contributed by atoms with Crippen LogP contribution in [0, 0.1) is 0 Å². The molecule has 32 heavy (non-hydrogen) atoms. The highest BCUT2D eigenvalue weighted by atomic mass is 79.9. The van der Waals surface area contributed by atoms with Gasteiger partial charge in [-0.1, -0.05) is 39.4 Å². The number of allylic oxidation sites excluding steroid dienone is 1. The minimum Gasteiger partial charge on any atom is -0.463 e. The number of benzene rings is 1. The van der Waals surface area contributed by atoms with Crippen LogP contribution in [0.4, 0.5) is 5.88 Å². The number of anilines is 1. The van der Waals surface area contributed by atoms with Crippen LogP contribution in [0.2, 0.25) is 0 Å².